The van der Waals surface area contributed by atoms with Gasteiger partial charge in [-0.05, 0) is 44.2 Å². The molecule has 1 fully saturated rings. The van der Waals surface area contributed by atoms with Crippen LogP contribution < -0.4 is 5.32 Å². The van der Waals surface area contributed by atoms with E-state index >= 15 is 0 Å². The van der Waals surface area contributed by atoms with Crippen molar-refractivity contribution in [1.82, 2.24) is 15.5 Å². The van der Waals surface area contributed by atoms with Crippen molar-refractivity contribution >= 4 is 5.91 Å². The van der Waals surface area contributed by atoms with Crippen molar-refractivity contribution in [2.24, 2.45) is 5.92 Å². The van der Waals surface area contributed by atoms with Crippen molar-refractivity contribution in [2.75, 3.05) is 0 Å². The molecule has 2 heterocycles. The maximum absolute atomic E-state index is 12.2. The molecule has 5 heteroatoms. The van der Waals surface area contributed by atoms with Crippen LogP contribution in [-0.2, 0) is 0 Å². The summed E-state index contributed by atoms with van der Waals surface area (Å²) >= 11 is 0. The maximum Gasteiger partial charge on any atom is 0.290 e. The molecule has 20 heavy (non-hydrogen) atoms. The van der Waals surface area contributed by atoms with Gasteiger partial charge in [0, 0.05) is 12.3 Å². The zero-order valence-corrected chi connectivity index (χ0v) is 11.6. The minimum Gasteiger partial charge on any atom is -0.351 e. The van der Waals surface area contributed by atoms with Crippen LogP contribution in [0.1, 0.15) is 46.4 Å². The molecule has 2 aromatic heterocycles. The number of nitrogens with zero attached hydrogens (tertiary/aromatic N) is 2. The van der Waals surface area contributed by atoms with Crippen LogP contribution in [0.25, 0.3) is 0 Å². The molecule has 1 aliphatic rings. The highest BCUT2D eigenvalue weighted by Gasteiger charge is 2.35. The van der Waals surface area contributed by atoms with Crippen LogP contribution in [0.2, 0.25) is 0 Å². The third-order valence-electron chi connectivity index (χ3n) is 3.58. The van der Waals surface area contributed by atoms with Gasteiger partial charge in [-0.1, -0.05) is 11.2 Å². The van der Waals surface area contributed by atoms with Gasteiger partial charge in [0.05, 0.1) is 17.4 Å². The first kappa shape index (κ1) is 12.8. The Bertz CT molecular complexity index is 632. The molecule has 1 N–H and O–H groups in total. The molecular weight excluding hydrogens is 254 g/mol. The van der Waals surface area contributed by atoms with Crippen molar-refractivity contribution in [3.63, 3.8) is 0 Å². The van der Waals surface area contributed by atoms with E-state index in [2.05, 4.69) is 15.5 Å². The Morgan fingerprint density at radius 3 is 2.85 bits per heavy atom. The summed E-state index contributed by atoms with van der Waals surface area (Å²) in [4.78, 5) is 16.6. The Balaban J connectivity index is 1.82. The Morgan fingerprint density at radius 1 is 1.45 bits per heavy atom. The number of amides is 1. The van der Waals surface area contributed by atoms with Crippen molar-refractivity contribution in [1.29, 1.82) is 0 Å². The minimum absolute atomic E-state index is 0.0471. The van der Waals surface area contributed by atoms with Gasteiger partial charge >= 0.3 is 0 Å². The number of nitrogens with one attached hydrogen (secondary N) is 1. The fourth-order valence-corrected chi connectivity index (χ4v) is 2.35. The van der Waals surface area contributed by atoms with Crippen molar-refractivity contribution in [3.8, 4) is 0 Å². The number of hydrogen-bond donors (Lipinski definition) is 1. The smallest absolute Gasteiger partial charge is 0.290 e. The van der Waals surface area contributed by atoms with Crippen LogP contribution in [0.5, 0.6) is 0 Å². The number of pyridine rings is 1. The molecule has 0 radical (unpaired) electrons. The highest BCUT2D eigenvalue weighted by atomic mass is 16.5. The monoisotopic (exact) mass is 271 g/mol. The highest BCUT2D eigenvalue weighted by Crippen LogP contribution is 2.41. The lowest BCUT2D eigenvalue weighted by molar-refractivity contribution is 0.0893. The van der Waals surface area contributed by atoms with E-state index in [1.807, 2.05) is 19.1 Å². The molecule has 0 aliphatic heterocycles. The third-order valence-corrected chi connectivity index (χ3v) is 3.58. The fraction of sp³-hybridized carbons (Fsp3) is 0.400. The summed E-state index contributed by atoms with van der Waals surface area (Å²) in [5.41, 5.74) is 2.74. The predicted octanol–water partition coefficient (Wildman–Crippen LogP) is 2.57. The molecule has 0 spiro atoms. The first-order chi connectivity index (χ1) is 9.65. The van der Waals surface area contributed by atoms with E-state index in [9.17, 15) is 4.79 Å². The average molecular weight is 271 g/mol. The van der Waals surface area contributed by atoms with Crippen LogP contribution in [-0.4, -0.2) is 16.0 Å². The zero-order valence-electron chi connectivity index (χ0n) is 11.6. The van der Waals surface area contributed by atoms with E-state index in [-0.39, 0.29) is 17.7 Å². The van der Waals surface area contributed by atoms with E-state index < -0.39 is 0 Å². The van der Waals surface area contributed by atoms with Gasteiger partial charge in [-0.3, -0.25) is 9.78 Å². The number of rotatable bonds is 4. The fourth-order valence-electron chi connectivity index (χ4n) is 2.35. The lowest BCUT2D eigenvalue weighted by Crippen LogP contribution is -2.30. The second-order valence-electron chi connectivity index (χ2n) is 5.33. The number of aryl methyl sites for hydroxylation is 2. The normalized spacial score (nSPS) is 15.9. The average Bonchev–Trinajstić information content (AvgIpc) is 3.18. The predicted molar refractivity (Wildman–Crippen MR) is 73.1 cm³/mol. The lowest BCUT2D eigenvalue weighted by Gasteiger charge is -2.18. The summed E-state index contributed by atoms with van der Waals surface area (Å²) in [6.45, 7) is 3.81. The molecule has 1 aliphatic carbocycles. The van der Waals surface area contributed by atoms with Gasteiger partial charge in [0.2, 0.25) is 5.76 Å². The van der Waals surface area contributed by atoms with Crippen LogP contribution in [0, 0.1) is 19.8 Å². The van der Waals surface area contributed by atoms with E-state index in [0.717, 1.165) is 24.1 Å². The maximum atomic E-state index is 12.2. The van der Waals surface area contributed by atoms with Crippen molar-refractivity contribution < 1.29 is 9.32 Å². The summed E-state index contributed by atoms with van der Waals surface area (Å²) in [5.74, 6) is 0.492. The van der Waals surface area contributed by atoms with Gasteiger partial charge in [-0.25, -0.2) is 0 Å². The molecule has 3 rings (SSSR count). The summed E-state index contributed by atoms with van der Waals surface area (Å²) in [7, 11) is 0. The third kappa shape index (κ3) is 2.57. The second kappa shape index (κ2) is 5.07. The lowest BCUT2D eigenvalue weighted by atomic mass is 10.0. The van der Waals surface area contributed by atoms with Gasteiger partial charge in [0.15, 0.2) is 0 Å². The minimum atomic E-state index is -0.229. The van der Waals surface area contributed by atoms with Crippen molar-refractivity contribution in [2.45, 2.75) is 32.7 Å². The van der Waals surface area contributed by atoms with Crippen LogP contribution in [0.4, 0.5) is 0 Å². The largest absolute Gasteiger partial charge is 0.351 e. The zero-order chi connectivity index (χ0) is 14.1. The Hall–Kier alpha value is -2.17. The van der Waals surface area contributed by atoms with Gasteiger partial charge in [-0.15, -0.1) is 0 Å². The molecule has 1 saturated carbocycles. The number of carbonyl (C=O) groups excluding carboxylic acids is 1. The Kier molecular flexibility index (Phi) is 3.26. The summed E-state index contributed by atoms with van der Waals surface area (Å²) in [6, 6.07) is 5.52. The van der Waals surface area contributed by atoms with Crippen LogP contribution in [0.15, 0.2) is 28.9 Å². The first-order valence-electron chi connectivity index (χ1n) is 6.81. The molecule has 0 saturated heterocycles. The highest BCUT2D eigenvalue weighted by molar-refractivity contribution is 5.91. The standard InChI is InChI=1S/C15H17N3O2/c1-9-4-3-7-16-13(9)14(11-5-6-11)17-15(19)12-8-10(2)18-20-12/h3-4,7-8,11,14H,5-6H2,1-2H3,(H,17,19). The van der Waals surface area contributed by atoms with Gasteiger partial charge in [0.1, 0.15) is 0 Å². The Morgan fingerprint density at radius 2 is 2.25 bits per heavy atom. The summed E-state index contributed by atoms with van der Waals surface area (Å²) in [5, 5.41) is 6.77. The SMILES string of the molecule is Cc1cc(C(=O)NC(c2ncccc2C)C2CC2)on1. The number of carbonyl (C=O) groups is 1. The van der Waals surface area contributed by atoms with E-state index in [1.54, 1.807) is 19.2 Å². The van der Waals surface area contributed by atoms with Crippen LogP contribution in [0.3, 0.4) is 0 Å². The summed E-state index contributed by atoms with van der Waals surface area (Å²) in [6.07, 6.45) is 4.01. The molecule has 1 amide bonds. The number of aromatic nitrogens is 2. The first-order valence-corrected chi connectivity index (χ1v) is 6.81. The van der Waals surface area contributed by atoms with E-state index in [1.165, 1.54) is 0 Å². The molecule has 0 bridgehead atoms. The molecule has 104 valence electrons. The Labute approximate surface area is 117 Å². The summed E-state index contributed by atoms with van der Waals surface area (Å²) < 4.78 is 5.01. The van der Waals surface area contributed by atoms with Crippen molar-refractivity contribution in [3.05, 3.63) is 47.1 Å². The number of hydrogen-bond acceptors (Lipinski definition) is 4. The molecule has 1 unspecified atom stereocenters. The molecule has 0 aromatic carbocycles. The molecular formula is C15H17N3O2. The quantitative estimate of drug-likeness (QED) is 0.928. The molecule has 2 aromatic rings. The molecule has 5 nitrogen and oxygen atoms in total. The van der Waals surface area contributed by atoms with E-state index in [0.29, 0.717) is 11.6 Å². The second-order valence-corrected chi connectivity index (χ2v) is 5.33. The van der Waals surface area contributed by atoms with Gasteiger partial charge in [0.25, 0.3) is 5.91 Å². The molecule has 1 atom stereocenters. The topological polar surface area (TPSA) is 68.0 Å². The van der Waals surface area contributed by atoms with Gasteiger partial charge < -0.3 is 9.84 Å². The van der Waals surface area contributed by atoms with E-state index in [4.69, 9.17) is 4.52 Å². The van der Waals surface area contributed by atoms with Gasteiger partial charge in [-0.2, -0.15) is 0 Å². The van der Waals surface area contributed by atoms with Crippen LogP contribution >= 0.6 is 0 Å².